The van der Waals surface area contributed by atoms with Crippen LogP contribution in [-0.2, 0) is 19.2 Å². The average molecular weight is 443 g/mol. The van der Waals surface area contributed by atoms with E-state index in [1.165, 1.54) is 12.8 Å². The highest BCUT2D eigenvalue weighted by Gasteiger charge is 1.89. The fourth-order valence-corrected chi connectivity index (χ4v) is 1.20. The van der Waals surface area contributed by atoms with Crippen LogP contribution in [0.1, 0.15) is 53.4 Å². The molecule has 0 heterocycles. The number of nitrogens with one attached hydrogen (secondary N) is 2. The summed E-state index contributed by atoms with van der Waals surface area (Å²) in [6.07, 6.45) is 4.63. The number of hydrogen-bond donors (Lipinski definition) is 8. The van der Waals surface area contributed by atoms with Gasteiger partial charge in [-0.3, -0.25) is 19.2 Å². The van der Waals surface area contributed by atoms with Crippen molar-refractivity contribution in [2.75, 3.05) is 39.3 Å². The lowest BCUT2D eigenvalue weighted by Gasteiger charge is -2.04. The minimum Gasteiger partial charge on any atom is -0.481 e. The van der Waals surface area contributed by atoms with E-state index >= 15 is 0 Å². The van der Waals surface area contributed by atoms with Crippen LogP contribution in [-0.4, -0.2) is 83.6 Å². The molecule has 0 amide bonds. The van der Waals surface area contributed by atoms with E-state index in [1.54, 1.807) is 0 Å². The summed E-state index contributed by atoms with van der Waals surface area (Å²) >= 11 is 0. The van der Waals surface area contributed by atoms with Crippen LogP contribution >= 0.6 is 0 Å². The van der Waals surface area contributed by atoms with Crippen LogP contribution in [0.15, 0.2) is 0 Å². The molecule has 12 heteroatoms. The molecule has 0 aromatic heterocycles. The first-order valence-corrected chi connectivity index (χ1v) is 9.44. The van der Waals surface area contributed by atoms with E-state index in [1.807, 2.05) is 0 Å². The molecule has 0 unspecified atom stereocenters. The maximum atomic E-state index is 9.00. The number of rotatable bonds is 11. The molecule has 182 valence electrons. The zero-order valence-electron chi connectivity index (χ0n) is 18.6. The molecule has 0 rings (SSSR count). The van der Waals surface area contributed by atoms with Crippen LogP contribution in [0, 0.1) is 0 Å². The summed E-state index contributed by atoms with van der Waals surface area (Å²) < 4.78 is 0. The summed E-state index contributed by atoms with van der Waals surface area (Å²) in [7, 11) is 0. The quantitative estimate of drug-likeness (QED) is 0.198. The molecule has 0 aliphatic rings. The highest BCUT2D eigenvalue weighted by Crippen LogP contribution is 1.85. The number of unbranched alkanes of at least 4 members (excludes halogenated alkanes) is 1. The van der Waals surface area contributed by atoms with Gasteiger partial charge in [0.05, 0.1) is 0 Å². The molecule has 30 heavy (non-hydrogen) atoms. The van der Waals surface area contributed by atoms with Crippen molar-refractivity contribution >= 4 is 23.9 Å². The minimum atomic E-state index is -0.833. The first-order chi connectivity index (χ1) is 13.8. The maximum absolute atomic E-state index is 9.00. The molecule has 0 aromatic rings. The van der Waals surface area contributed by atoms with Gasteiger partial charge in [0, 0.05) is 27.7 Å². The summed E-state index contributed by atoms with van der Waals surface area (Å²) in [5.41, 5.74) is 10.8. The van der Waals surface area contributed by atoms with Crippen LogP contribution in [0.3, 0.4) is 0 Å². The van der Waals surface area contributed by atoms with Gasteiger partial charge in [-0.05, 0) is 65.0 Å². The Labute approximate surface area is 179 Å². The topological polar surface area (TPSA) is 225 Å². The lowest BCUT2D eigenvalue weighted by atomic mass is 10.3. The molecule has 0 spiro atoms. The number of carbonyl (C=O) groups is 4. The van der Waals surface area contributed by atoms with Crippen molar-refractivity contribution in [2.45, 2.75) is 53.4 Å². The van der Waals surface area contributed by atoms with Crippen molar-refractivity contribution in [1.29, 1.82) is 0 Å². The smallest absolute Gasteiger partial charge is 0.300 e. The van der Waals surface area contributed by atoms with Gasteiger partial charge in [0.2, 0.25) is 0 Å². The summed E-state index contributed by atoms with van der Waals surface area (Å²) in [5, 5.41) is 36.4. The Bertz CT molecular complexity index is 320. The van der Waals surface area contributed by atoms with Gasteiger partial charge in [0.1, 0.15) is 0 Å². The Kier molecular flexibility index (Phi) is 47.9. The SMILES string of the molecule is CC(=O)O.CC(=O)O.CC(=O)O.CC(=O)O.NCCCNCCCCNCCCN. The third kappa shape index (κ3) is 207. The van der Waals surface area contributed by atoms with E-state index < -0.39 is 23.9 Å². The van der Waals surface area contributed by atoms with Gasteiger partial charge < -0.3 is 42.5 Å². The van der Waals surface area contributed by atoms with E-state index in [0.717, 1.165) is 79.8 Å². The standard InChI is InChI=1S/C10H26N4.4C2H4O2/c11-5-3-9-13-7-1-2-8-14-10-4-6-12;4*1-2(3)4/h13-14H,1-12H2;4*1H3,(H,3,4). The average Bonchev–Trinajstić information content (AvgIpc) is 2.54. The molecular weight excluding hydrogens is 400 g/mol. The Hall–Kier alpha value is -2.28. The predicted octanol–water partition coefficient (Wildman–Crippen LogP) is 0.00700. The van der Waals surface area contributed by atoms with Gasteiger partial charge in [0.25, 0.3) is 23.9 Å². The number of carboxylic acids is 4. The van der Waals surface area contributed by atoms with E-state index in [4.69, 9.17) is 51.1 Å². The molecule has 10 N–H and O–H groups in total. The van der Waals surface area contributed by atoms with Crippen molar-refractivity contribution in [1.82, 2.24) is 10.6 Å². The fourth-order valence-electron chi connectivity index (χ4n) is 1.20. The van der Waals surface area contributed by atoms with E-state index in [2.05, 4.69) is 10.6 Å². The number of nitrogens with two attached hydrogens (primary N) is 2. The predicted molar refractivity (Wildman–Crippen MR) is 116 cm³/mol. The summed E-state index contributed by atoms with van der Waals surface area (Å²) in [6, 6.07) is 0. The largest absolute Gasteiger partial charge is 0.481 e. The molecule has 0 atom stereocenters. The van der Waals surface area contributed by atoms with E-state index in [-0.39, 0.29) is 0 Å². The summed E-state index contributed by atoms with van der Waals surface area (Å²) in [6.45, 7) is 10.2. The van der Waals surface area contributed by atoms with Gasteiger partial charge in [-0.2, -0.15) is 0 Å². The minimum absolute atomic E-state index is 0.785. The van der Waals surface area contributed by atoms with Crippen molar-refractivity contribution in [3.8, 4) is 0 Å². The molecule has 0 saturated carbocycles. The first-order valence-electron chi connectivity index (χ1n) is 9.44. The number of hydrogen-bond acceptors (Lipinski definition) is 8. The van der Waals surface area contributed by atoms with E-state index in [9.17, 15) is 0 Å². The molecule has 12 nitrogen and oxygen atoms in total. The van der Waals surface area contributed by atoms with Crippen LogP contribution in [0.2, 0.25) is 0 Å². The second-order valence-electron chi connectivity index (χ2n) is 5.57. The molecule has 0 aliphatic heterocycles. The molecule has 0 aromatic carbocycles. The van der Waals surface area contributed by atoms with Gasteiger partial charge in [-0.1, -0.05) is 0 Å². The molecule has 0 fully saturated rings. The van der Waals surface area contributed by atoms with Crippen molar-refractivity contribution < 1.29 is 39.6 Å². The van der Waals surface area contributed by atoms with Crippen molar-refractivity contribution in [3.63, 3.8) is 0 Å². The number of aliphatic carboxylic acids is 4. The Morgan fingerprint density at radius 1 is 0.533 bits per heavy atom. The van der Waals surface area contributed by atoms with Gasteiger partial charge in [-0.25, -0.2) is 0 Å². The van der Waals surface area contributed by atoms with Crippen LogP contribution < -0.4 is 22.1 Å². The molecule has 0 bridgehead atoms. The lowest BCUT2D eigenvalue weighted by molar-refractivity contribution is -0.135. The summed E-state index contributed by atoms with van der Waals surface area (Å²) in [4.78, 5) is 36.0. The Morgan fingerprint density at radius 2 is 0.700 bits per heavy atom. The second-order valence-corrected chi connectivity index (χ2v) is 5.57. The summed E-state index contributed by atoms with van der Waals surface area (Å²) in [5.74, 6) is -3.33. The monoisotopic (exact) mass is 442 g/mol. The third-order valence-corrected chi connectivity index (χ3v) is 2.07. The van der Waals surface area contributed by atoms with Crippen LogP contribution in [0.25, 0.3) is 0 Å². The second kappa shape index (κ2) is 37.5. The zero-order chi connectivity index (χ0) is 24.8. The normalized spacial score (nSPS) is 8.33. The Morgan fingerprint density at radius 3 is 0.867 bits per heavy atom. The van der Waals surface area contributed by atoms with Crippen molar-refractivity contribution in [3.05, 3.63) is 0 Å². The van der Waals surface area contributed by atoms with Gasteiger partial charge in [-0.15, -0.1) is 0 Å². The van der Waals surface area contributed by atoms with E-state index in [0.29, 0.717) is 0 Å². The zero-order valence-corrected chi connectivity index (χ0v) is 18.6. The third-order valence-electron chi connectivity index (χ3n) is 2.07. The molecule has 0 radical (unpaired) electrons. The van der Waals surface area contributed by atoms with Gasteiger partial charge in [0.15, 0.2) is 0 Å². The van der Waals surface area contributed by atoms with Crippen LogP contribution in [0.5, 0.6) is 0 Å². The first kappa shape index (κ1) is 38.3. The van der Waals surface area contributed by atoms with Crippen molar-refractivity contribution in [2.24, 2.45) is 11.5 Å². The Balaban J connectivity index is -0.000000106. The highest BCUT2D eigenvalue weighted by atomic mass is 16.4. The molecular formula is C18H42N4O8. The van der Waals surface area contributed by atoms with Crippen LogP contribution in [0.4, 0.5) is 0 Å². The number of carboxylic acid groups (broad SMARTS) is 4. The molecule has 0 aliphatic carbocycles. The lowest BCUT2D eigenvalue weighted by Crippen LogP contribution is -2.22. The highest BCUT2D eigenvalue weighted by molar-refractivity contribution is 5.63. The maximum Gasteiger partial charge on any atom is 0.300 e. The van der Waals surface area contributed by atoms with Gasteiger partial charge >= 0.3 is 0 Å². The fraction of sp³-hybridized carbons (Fsp3) is 0.778. The molecule has 0 saturated heterocycles.